The predicted molar refractivity (Wildman–Crippen MR) is 126 cm³/mol. The van der Waals surface area contributed by atoms with E-state index in [2.05, 4.69) is 11.8 Å². The van der Waals surface area contributed by atoms with Crippen LogP contribution in [0.4, 0.5) is 17.6 Å². The molecule has 0 fully saturated rings. The molecule has 34 heavy (non-hydrogen) atoms. The average Bonchev–Trinajstić information content (AvgIpc) is 2.82. The number of benzene rings is 4. The van der Waals surface area contributed by atoms with Crippen molar-refractivity contribution in [3.05, 3.63) is 118 Å². The Hall–Kier alpha value is -3.62. The Balaban J connectivity index is 1.44. The third-order valence-electron chi connectivity index (χ3n) is 5.65. The molecule has 0 bridgehead atoms. The summed E-state index contributed by atoms with van der Waals surface area (Å²) in [7, 11) is 1.61. The van der Waals surface area contributed by atoms with Gasteiger partial charge in [0, 0.05) is 12.7 Å². The Morgan fingerprint density at radius 1 is 0.618 bits per heavy atom. The van der Waals surface area contributed by atoms with Crippen LogP contribution in [0.15, 0.2) is 66.7 Å². The van der Waals surface area contributed by atoms with E-state index in [9.17, 15) is 17.6 Å². The fourth-order valence-electron chi connectivity index (χ4n) is 3.72. The summed E-state index contributed by atoms with van der Waals surface area (Å²) in [6, 6.07) is 17.1. The molecule has 0 aliphatic carbocycles. The molecule has 4 rings (SSSR count). The average molecular weight is 462 g/mol. The van der Waals surface area contributed by atoms with Crippen LogP contribution in [-0.2, 0) is 24.0 Å². The van der Waals surface area contributed by atoms with E-state index >= 15 is 0 Å². The zero-order valence-electron chi connectivity index (χ0n) is 18.6. The molecule has 0 aliphatic rings. The predicted octanol–water partition coefficient (Wildman–Crippen LogP) is 6.77. The van der Waals surface area contributed by atoms with Crippen molar-refractivity contribution in [1.82, 2.24) is 0 Å². The number of hydrogen-bond acceptors (Lipinski definition) is 1. The van der Waals surface area contributed by atoms with Gasteiger partial charge in [-0.05, 0) is 89.2 Å². The maximum Gasteiger partial charge on any atom is 0.159 e. The lowest BCUT2D eigenvalue weighted by Gasteiger charge is -2.07. The molecule has 0 spiro atoms. The molecule has 1 nitrogen and oxygen atoms in total. The first-order valence-corrected chi connectivity index (χ1v) is 10.9. The van der Waals surface area contributed by atoms with Crippen LogP contribution in [0.3, 0.4) is 0 Å². The van der Waals surface area contributed by atoms with E-state index < -0.39 is 17.5 Å². The highest BCUT2D eigenvalue weighted by Gasteiger charge is 2.07. The summed E-state index contributed by atoms with van der Waals surface area (Å²) in [6.45, 7) is 0.534. The summed E-state index contributed by atoms with van der Waals surface area (Å²) in [4.78, 5) is 0. The molecule has 0 N–H and O–H groups in total. The Morgan fingerprint density at radius 2 is 1.32 bits per heavy atom. The Morgan fingerprint density at radius 3 is 2.06 bits per heavy atom. The monoisotopic (exact) mass is 462 g/mol. The first kappa shape index (κ1) is 23.5. The van der Waals surface area contributed by atoms with Gasteiger partial charge in [-0.15, -0.1) is 0 Å². The van der Waals surface area contributed by atoms with E-state index in [1.165, 1.54) is 12.1 Å². The standard InChI is InChI=1S/C29H22F4O/c1-34-13-12-21-5-10-23(27(31)16-21)9-4-20-3-8-22(26(30)15-20)7-2-19-6-11-24-17-28(32)29(33)18-25(24)14-19/h3,5-6,8,10-11,14-18H,4,9,12-13H2,1H3. The van der Waals surface area contributed by atoms with Crippen LogP contribution >= 0.6 is 0 Å². The third-order valence-corrected chi connectivity index (χ3v) is 5.65. The van der Waals surface area contributed by atoms with Gasteiger partial charge in [-0.3, -0.25) is 0 Å². The quantitative estimate of drug-likeness (QED) is 0.227. The molecular weight excluding hydrogens is 440 g/mol. The number of rotatable bonds is 6. The number of hydrogen-bond donors (Lipinski definition) is 0. The molecule has 5 heteroatoms. The minimum atomic E-state index is -0.929. The van der Waals surface area contributed by atoms with Crippen LogP contribution in [0.5, 0.6) is 0 Å². The summed E-state index contributed by atoms with van der Waals surface area (Å²) < 4.78 is 60.8. The SMILES string of the molecule is COCCc1ccc(CCc2ccc(C#Cc3ccc4cc(F)c(F)cc4c3)c(F)c2)c(F)c1. The molecule has 0 aliphatic heterocycles. The van der Waals surface area contributed by atoms with Crippen molar-refractivity contribution in [3.8, 4) is 11.8 Å². The van der Waals surface area contributed by atoms with Gasteiger partial charge >= 0.3 is 0 Å². The fourth-order valence-corrected chi connectivity index (χ4v) is 3.72. The normalized spacial score (nSPS) is 10.9. The van der Waals surface area contributed by atoms with Crippen LogP contribution in [0.1, 0.15) is 27.8 Å². The largest absolute Gasteiger partial charge is 0.384 e. The van der Waals surface area contributed by atoms with Crippen molar-refractivity contribution in [2.24, 2.45) is 0 Å². The van der Waals surface area contributed by atoms with E-state index in [1.807, 2.05) is 6.07 Å². The van der Waals surface area contributed by atoms with E-state index in [4.69, 9.17) is 4.74 Å². The van der Waals surface area contributed by atoms with Crippen molar-refractivity contribution < 1.29 is 22.3 Å². The van der Waals surface area contributed by atoms with Gasteiger partial charge in [-0.2, -0.15) is 0 Å². The molecule has 0 amide bonds. The summed E-state index contributed by atoms with van der Waals surface area (Å²) in [5.74, 6) is 3.09. The minimum Gasteiger partial charge on any atom is -0.384 e. The lowest BCUT2D eigenvalue weighted by molar-refractivity contribution is 0.202. The van der Waals surface area contributed by atoms with Gasteiger partial charge in [0.25, 0.3) is 0 Å². The zero-order chi connectivity index (χ0) is 24.1. The molecule has 0 heterocycles. The van der Waals surface area contributed by atoms with Gasteiger partial charge in [0.1, 0.15) is 11.6 Å². The topological polar surface area (TPSA) is 9.23 Å². The van der Waals surface area contributed by atoms with Gasteiger partial charge in [-0.1, -0.05) is 36.1 Å². The van der Waals surface area contributed by atoms with Gasteiger partial charge in [0.15, 0.2) is 11.6 Å². The second-order valence-corrected chi connectivity index (χ2v) is 8.06. The second kappa shape index (κ2) is 10.5. The Bertz CT molecular complexity index is 1400. The molecule has 0 aromatic heterocycles. The van der Waals surface area contributed by atoms with Crippen LogP contribution in [0.2, 0.25) is 0 Å². The molecule has 0 radical (unpaired) electrons. The number of halogens is 4. The van der Waals surface area contributed by atoms with Crippen molar-refractivity contribution in [2.75, 3.05) is 13.7 Å². The van der Waals surface area contributed by atoms with Crippen LogP contribution in [0.25, 0.3) is 10.8 Å². The maximum atomic E-state index is 14.6. The number of ether oxygens (including phenoxy) is 1. The van der Waals surface area contributed by atoms with E-state index in [0.29, 0.717) is 47.8 Å². The molecule has 0 saturated carbocycles. The van der Waals surface area contributed by atoms with Crippen LogP contribution in [-0.4, -0.2) is 13.7 Å². The second-order valence-electron chi connectivity index (χ2n) is 8.06. The molecular formula is C29H22F4O. The fraction of sp³-hybridized carbons (Fsp3) is 0.172. The summed E-state index contributed by atoms with van der Waals surface area (Å²) in [5.41, 5.74) is 2.99. The summed E-state index contributed by atoms with van der Waals surface area (Å²) >= 11 is 0. The van der Waals surface area contributed by atoms with Gasteiger partial charge in [0.05, 0.1) is 12.2 Å². The molecule has 0 unspecified atom stereocenters. The van der Waals surface area contributed by atoms with E-state index in [-0.39, 0.29) is 11.4 Å². The van der Waals surface area contributed by atoms with Gasteiger partial charge < -0.3 is 4.74 Å². The highest BCUT2D eigenvalue weighted by atomic mass is 19.2. The van der Waals surface area contributed by atoms with Crippen molar-refractivity contribution in [1.29, 1.82) is 0 Å². The number of fused-ring (bicyclic) bond motifs is 1. The summed E-state index contributed by atoms with van der Waals surface area (Å²) in [5, 5.41) is 1.07. The molecule has 4 aromatic carbocycles. The molecule has 172 valence electrons. The first-order valence-electron chi connectivity index (χ1n) is 10.9. The van der Waals surface area contributed by atoms with E-state index in [1.54, 1.807) is 43.5 Å². The summed E-state index contributed by atoms with van der Waals surface area (Å²) in [6.07, 6.45) is 1.59. The number of aryl methyl sites for hydroxylation is 2. The van der Waals surface area contributed by atoms with Crippen LogP contribution < -0.4 is 0 Å². The van der Waals surface area contributed by atoms with E-state index in [0.717, 1.165) is 23.3 Å². The first-order chi connectivity index (χ1) is 16.4. The van der Waals surface area contributed by atoms with Crippen LogP contribution in [0, 0.1) is 35.1 Å². The van der Waals surface area contributed by atoms with Crippen molar-refractivity contribution >= 4 is 10.8 Å². The van der Waals surface area contributed by atoms with Gasteiger partial charge in [-0.25, -0.2) is 17.6 Å². The Kier molecular flexibility index (Phi) is 7.30. The van der Waals surface area contributed by atoms with Crippen molar-refractivity contribution in [2.45, 2.75) is 19.3 Å². The smallest absolute Gasteiger partial charge is 0.159 e. The molecule has 0 atom stereocenters. The molecule has 4 aromatic rings. The highest BCUT2D eigenvalue weighted by Crippen LogP contribution is 2.20. The minimum absolute atomic E-state index is 0.225. The zero-order valence-corrected chi connectivity index (χ0v) is 18.6. The molecule has 0 saturated heterocycles. The lowest BCUT2D eigenvalue weighted by Crippen LogP contribution is -1.99. The van der Waals surface area contributed by atoms with Gasteiger partial charge in [0.2, 0.25) is 0 Å². The number of methoxy groups -OCH3 is 1. The Labute approximate surface area is 196 Å². The highest BCUT2D eigenvalue weighted by molar-refractivity contribution is 5.84. The lowest BCUT2D eigenvalue weighted by atomic mass is 10.0. The van der Waals surface area contributed by atoms with Crippen molar-refractivity contribution in [3.63, 3.8) is 0 Å². The maximum absolute atomic E-state index is 14.6. The third kappa shape index (κ3) is 5.65.